The van der Waals surface area contributed by atoms with Gasteiger partial charge in [-0.05, 0) is 18.6 Å². The largest absolute Gasteiger partial charge is 0.368 e. The number of nitrogen functional groups attached to an aromatic ring is 1. The van der Waals surface area contributed by atoms with Crippen molar-refractivity contribution >= 4 is 17.6 Å². The fourth-order valence-corrected chi connectivity index (χ4v) is 1.20. The first kappa shape index (κ1) is 9.39. The van der Waals surface area contributed by atoms with Crippen molar-refractivity contribution in [3.63, 3.8) is 0 Å². The third-order valence-corrected chi connectivity index (χ3v) is 1.98. The third-order valence-electron chi connectivity index (χ3n) is 1.98. The summed E-state index contributed by atoms with van der Waals surface area (Å²) in [4.78, 5) is 11.6. The number of para-hydroxylation sites is 1. The average molecular weight is 201 g/mol. The molecule has 5 heteroatoms. The number of aryl methyl sites for hydroxylation is 1. The molecule has 2 aromatic rings. The van der Waals surface area contributed by atoms with Gasteiger partial charge in [0.25, 0.3) is 0 Å². The molecular weight excluding hydrogens is 190 g/mol. The van der Waals surface area contributed by atoms with E-state index in [4.69, 9.17) is 5.73 Å². The van der Waals surface area contributed by atoms with Crippen molar-refractivity contribution in [3.8, 4) is 0 Å². The summed E-state index contributed by atoms with van der Waals surface area (Å²) in [5.74, 6) is 0.665. The zero-order valence-electron chi connectivity index (χ0n) is 8.31. The number of benzene rings is 1. The number of hydrogen-bond donors (Lipinski definition) is 2. The molecule has 0 unspecified atom stereocenters. The van der Waals surface area contributed by atoms with E-state index in [0.717, 1.165) is 11.3 Å². The molecule has 5 nitrogen and oxygen atoms in total. The van der Waals surface area contributed by atoms with E-state index in [1.165, 1.54) is 6.33 Å². The highest BCUT2D eigenvalue weighted by Gasteiger charge is 2.00. The fourth-order valence-electron chi connectivity index (χ4n) is 1.20. The Labute approximate surface area is 87.4 Å². The molecule has 1 aromatic carbocycles. The Hall–Kier alpha value is -2.17. The standard InChI is InChI=1S/C10H11N5/c1-7-4-2-3-5-8(7)14-10-13-6-12-9(11)15-10/h2-6H,1H3,(H3,11,12,13,14,15). The molecule has 76 valence electrons. The topological polar surface area (TPSA) is 76.7 Å². The molecule has 0 saturated carbocycles. The predicted molar refractivity (Wildman–Crippen MR) is 58.7 cm³/mol. The molecule has 0 amide bonds. The van der Waals surface area contributed by atoms with Crippen LogP contribution in [-0.4, -0.2) is 15.0 Å². The van der Waals surface area contributed by atoms with E-state index < -0.39 is 0 Å². The van der Waals surface area contributed by atoms with E-state index in [1.807, 2.05) is 31.2 Å². The van der Waals surface area contributed by atoms with Gasteiger partial charge >= 0.3 is 0 Å². The minimum absolute atomic E-state index is 0.209. The van der Waals surface area contributed by atoms with Crippen LogP contribution in [0, 0.1) is 6.92 Å². The number of rotatable bonds is 2. The van der Waals surface area contributed by atoms with E-state index in [2.05, 4.69) is 20.3 Å². The highest BCUT2D eigenvalue weighted by Crippen LogP contribution is 2.16. The third kappa shape index (κ3) is 2.19. The zero-order chi connectivity index (χ0) is 10.7. The Bertz CT molecular complexity index is 469. The van der Waals surface area contributed by atoms with Crippen LogP contribution in [-0.2, 0) is 0 Å². The maximum absolute atomic E-state index is 5.45. The molecule has 3 N–H and O–H groups in total. The summed E-state index contributed by atoms with van der Waals surface area (Å²) in [6, 6.07) is 7.88. The normalized spacial score (nSPS) is 9.93. The summed E-state index contributed by atoms with van der Waals surface area (Å²) < 4.78 is 0. The van der Waals surface area contributed by atoms with E-state index in [-0.39, 0.29) is 5.95 Å². The molecule has 0 spiro atoms. The summed E-state index contributed by atoms with van der Waals surface area (Å²) >= 11 is 0. The van der Waals surface area contributed by atoms with Crippen molar-refractivity contribution in [1.82, 2.24) is 15.0 Å². The first-order valence-electron chi connectivity index (χ1n) is 4.53. The van der Waals surface area contributed by atoms with E-state index in [1.54, 1.807) is 0 Å². The predicted octanol–water partition coefficient (Wildman–Crippen LogP) is 1.51. The summed E-state index contributed by atoms with van der Waals surface area (Å²) in [6.07, 6.45) is 1.38. The van der Waals surface area contributed by atoms with Crippen LogP contribution >= 0.6 is 0 Å². The molecule has 0 bridgehead atoms. The molecule has 0 fully saturated rings. The van der Waals surface area contributed by atoms with Gasteiger partial charge in [0.2, 0.25) is 11.9 Å². The van der Waals surface area contributed by atoms with Crippen molar-refractivity contribution in [2.45, 2.75) is 6.92 Å². The smallest absolute Gasteiger partial charge is 0.231 e. The first-order valence-corrected chi connectivity index (χ1v) is 4.53. The number of nitrogens with one attached hydrogen (secondary N) is 1. The Balaban J connectivity index is 2.26. The van der Waals surface area contributed by atoms with Crippen LogP contribution in [0.2, 0.25) is 0 Å². The lowest BCUT2D eigenvalue weighted by Crippen LogP contribution is -2.02. The van der Waals surface area contributed by atoms with Crippen molar-refractivity contribution in [3.05, 3.63) is 36.2 Å². The van der Waals surface area contributed by atoms with Crippen LogP contribution in [0.5, 0.6) is 0 Å². The van der Waals surface area contributed by atoms with Gasteiger partial charge in [0.05, 0.1) is 0 Å². The van der Waals surface area contributed by atoms with E-state index in [9.17, 15) is 0 Å². The first-order chi connectivity index (χ1) is 7.25. The Morgan fingerprint density at radius 2 is 2.00 bits per heavy atom. The molecule has 1 heterocycles. The quantitative estimate of drug-likeness (QED) is 0.770. The molecule has 0 aliphatic rings. The molecule has 0 aliphatic heterocycles. The summed E-state index contributed by atoms with van der Waals surface area (Å²) in [5, 5.41) is 3.07. The lowest BCUT2D eigenvalue weighted by atomic mass is 10.2. The monoisotopic (exact) mass is 201 g/mol. The van der Waals surface area contributed by atoms with Crippen molar-refractivity contribution < 1.29 is 0 Å². The molecule has 1 aromatic heterocycles. The maximum Gasteiger partial charge on any atom is 0.231 e. The molecule has 0 saturated heterocycles. The average Bonchev–Trinajstić information content (AvgIpc) is 2.22. The summed E-state index contributed by atoms with van der Waals surface area (Å²) in [7, 11) is 0. The molecule has 0 aliphatic carbocycles. The second-order valence-electron chi connectivity index (χ2n) is 3.11. The summed E-state index contributed by atoms with van der Waals surface area (Å²) in [6.45, 7) is 2.01. The molecular formula is C10H11N5. The van der Waals surface area contributed by atoms with Crippen molar-refractivity contribution in [1.29, 1.82) is 0 Å². The van der Waals surface area contributed by atoms with Gasteiger partial charge in [-0.25, -0.2) is 9.97 Å². The molecule has 0 radical (unpaired) electrons. The van der Waals surface area contributed by atoms with Gasteiger partial charge in [-0.2, -0.15) is 4.98 Å². The van der Waals surface area contributed by atoms with Gasteiger partial charge in [0.15, 0.2) is 0 Å². The number of aromatic nitrogens is 3. The van der Waals surface area contributed by atoms with E-state index >= 15 is 0 Å². The number of nitrogens with zero attached hydrogens (tertiary/aromatic N) is 3. The highest BCUT2D eigenvalue weighted by molar-refractivity contribution is 5.57. The SMILES string of the molecule is Cc1ccccc1Nc1ncnc(N)n1. The Kier molecular flexibility index (Phi) is 2.45. The van der Waals surface area contributed by atoms with Crippen LogP contribution in [0.4, 0.5) is 17.6 Å². The second kappa shape index (κ2) is 3.91. The zero-order valence-corrected chi connectivity index (χ0v) is 8.31. The summed E-state index contributed by atoms with van der Waals surface area (Å²) in [5.41, 5.74) is 7.53. The van der Waals surface area contributed by atoms with Crippen LogP contribution < -0.4 is 11.1 Å². The molecule has 0 atom stereocenters. The van der Waals surface area contributed by atoms with Gasteiger partial charge in [0.1, 0.15) is 6.33 Å². The Morgan fingerprint density at radius 1 is 1.20 bits per heavy atom. The van der Waals surface area contributed by atoms with E-state index in [0.29, 0.717) is 5.95 Å². The van der Waals surface area contributed by atoms with Gasteiger partial charge < -0.3 is 11.1 Å². The fraction of sp³-hybridized carbons (Fsp3) is 0.100. The van der Waals surface area contributed by atoms with Gasteiger partial charge in [-0.3, -0.25) is 0 Å². The second-order valence-corrected chi connectivity index (χ2v) is 3.11. The molecule has 2 rings (SSSR count). The van der Waals surface area contributed by atoms with Gasteiger partial charge in [0, 0.05) is 5.69 Å². The van der Waals surface area contributed by atoms with Crippen LogP contribution in [0.3, 0.4) is 0 Å². The minimum atomic E-state index is 0.209. The number of hydrogen-bond acceptors (Lipinski definition) is 5. The van der Waals surface area contributed by atoms with Crippen LogP contribution in [0.15, 0.2) is 30.6 Å². The van der Waals surface area contributed by atoms with Crippen molar-refractivity contribution in [2.24, 2.45) is 0 Å². The molecule has 15 heavy (non-hydrogen) atoms. The number of nitrogens with two attached hydrogens (primary N) is 1. The maximum atomic E-state index is 5.45. The minimum Gasteiger partial charge on any atom is -0.368 e. The lowest BCUT2D eigenvalue weighted by Gasteiger charge is -2.06. The highest BCUT2D eigenvalue weighted by atomic mass is 15.2. The number of anilines is 3. The Morgan fingerprint density at radius 3 is 2.73 bits per heavy atom. The van der Waals surface area contributed by atoms with Crippen LogP contribution in [0.25, 0.3) is 0 Å². The van der Waals surface area contributed by atoms with Gasteiger partial charge in [-0.15, -0.1) is 0 Å². The van der Waals surface area contributed by atoms with Crippen LogP contribution in [0.1, 0.15) is 5.56 Å². The lowest BCUT2D eigenvalue weighted by molar-refractivity contribution is 1.07. The van der Waals surface area contributed by atoms with Gasteiger partial charge in [-0.1, -0.05) is 18.2 Å². The van der Waals surface area contributed by atoms with Crippen molar-refractivity contribution in [2.75, 3.05) is 11.1 Å².